The van der Waals surface area contributed by atoms with Gasteiger partial charge < -0.3 is 9.88 Å². The molecule has 25 heavy (non-hydrogen) atoms. The topological polar surface area (TPSA) is 60.6 Å². The van der Waals surface area contributed by atoms with Gasteiger partial charge in [-0.15, -0.1) is 0 Å². The van der Waals surface area contributed by atoms with Crippen molar-refractivity contribution in [2.45, 2.75) is 51.9 Å². The highest BCUT2D eigenvalue weighted by Crippen LogP contribution is 2.42. The van der Waals surface area contributed by atoms with Gasteiger partial charge in [-0.3, -0.25) is 5.10 Å². The standard InChI is InChI=1S/C20H25N5/c1-4-8-25-11-20(2,3)13-9-15-16(10-17(13)25)22-19(21-15)18-12-6-5-7-14(12)23-24-18/h9-10H,4-8,11H2,1-3H3,(H,21,22)(H,23,24). The first-order valence-electron chi connectivity index (χ1n) is 9.42. The molecule has 2 aromatic heterocycles. The van der Waals surface area contributed by atoms with Gasteiger partial charge in [0.2, 0.25) is 0 Å². The minimum absolute atomic E-state index is 0.178. The minimum Gasteiger partial charge on any atom is -0.370 e. The maximum Gasteiger partial charge on any atom is 0.159 e. The monoisotopic (exact) mass is 335 g/mol. The van der Waals surface area contributed by atoms with E-state index in [0.717, 1.165) is 48.5 Å². The van der Waals surface area contributed by atoms with Crippen LogP contribution < -0.4 is 4.90 Å². The van der Waals surface area contributed by atoms with E-state index in [-0.39, 0.29) is 5.41 Å². The van der Waals surface area contributed by atoms with Gasteiger partial charge in [0.25, 0.3) is 0 Å². The molecule has 1 aromatic carbocycles. The number of rotatable bonds is 3. The Morgan fingerprint density at radius 3 is 2.96 bits per heavy atom. The van der Waals surface area contributed by atoms with Crippen molar-refractivity contribution < 1.29 is 0 Å². The Kier molecular flexibility index (Phi) is 3.06. The molecular weight excluding hydrogens is 310 g/mol. The van der Waals surface area contributed by atoms with Gasteiger partial charge in [-0.1, -0.05) is 20.8 Å². The molecule has 0 radical (unpaired) electrons. The van der Waals surface area contributed by atoms with Crippen LogP contribution in [-0.4, -0.2) is 33.3 Å². The number of aromatic amines is 2. The summed E-state index contributed by atoms with van der Waals surface area (Å²) in [6.45, 7) is 9.11. The molecule has 3 aromatic rings. The number of aromatic nitrogens is 4. The number of imidazole rings is 1. The first-order chi connectivity index (χ1) is 12.1. The molecule has 3 heterocycles. The van der Waals surface area contributed by atoms with Crippen LogP contribution in [0.4, 0.5) is 5.69 Å². The summed E-state index contributed by atoms with van der Waals surface area (Å²) in [5.41, 5.74) is 8.76. The van der Waals surface area contributed by atoms with E-state index >= 15 is 0 Å². The van der Waals surface area contributed by atoms with Crippen molar-refractivity contribution in [3.63, 3.8) is 0 Å². The molecule has 5 rings (SSSR count). The second kappa shape index (κ2) is 5.10. The van der Waals surface area contributed by atoms with Gasteiger partial charge in [0.15, 0.2) is 5.82 Å². The van der Waals surface area contributed by atoms with E-state index in [2.05, 4.69) is 53.0 Å². The van der Waals surface area contributed by atoms with Crippen molar-refractivity contribution in [2.75, 3.05) is 18.0 Å². The second-order valence-corrected chi connectivity index (χ2v) is 8.16. The second-order valence-electron chi connectivity index (χ2n) is 8.16. The van der Waals surface area contributed by atoms with Crippen LogP contribution in [0.1, 0.15) is 50.4 Å². The van der Waals surface area contributed by atoms with Gasteiger partial charge in [-0.05, 0) is 43.4 Å². The third-order valence-corrected chi connectivity index (χ3v) is 5.78. The number of anilines is 1. The molecule has 5 nitrogen and oxygen atoms in total. The van der Waals surface area contributed by atoms with Gasteiger partial charge in [-0.2, -0.15) is 5.10 Å². The third-order valence-electron chi connectivity index (χ3n) is 5.78. The van der Waals surface area contributed by atoms with Crippen LogP contribution in [0.25, 0.3) is 22.6 Å². The van der Waals surface area contributed by atoms with Crippen molar-refractivity contribution in [1.82, 2.24) is 20.2 Å². The normalized spacial score (nSPS) is 18.1. The van der Waals surface area contributed by atoms with Crippen molar-refractivity contribution in [3.8, 4) is 11.5 Å². The Balaban J connectivity index is 1.64. The average Bonchev–Trinajstić information content (AvgIpc) is 3.29. The van der Waals surface area contributed by atoms with Gasteiger partial charge in [0.1, 0.15) is 5.69 Å². The Bertz CT molecular complexity index is 962. The summed E-state index contributed by atoms with van der Waals surface area (Å²) in [5, 5.41) is 7.72. The molecule has 0 saturated carbocycles. The number of nitrogens with one attached hydrogen (secondary N) is 2. The number of hydrogen-bond acceptors (Lipinski definition) is 3. The third kappa shape index (κ3) is 2.14. The van der Waals surface area contributed by atoms with Gasteiger partial charge in [0, 0.05) is 35.4 Å². The fourth-order valence-electron chi connectivity index (χ4n) is 4.59. The first-order valence-corrected chi connectivity index (χ1v) is 9.42. The molecule has 130 valence electrons. The van der Waals surface area contributed by atoms with E-state index in [0.29, 0.717) is 0 Å². The number of H-pyrrole nitrogens is 2. The van der Waals surface area contributed by atoms with E-state index in [9.17, 15) is 0 Å². The molecule has 0 saturated heterocycles. The van der Waals surface area contributed by atoms with Gasteiger partial charge in [-0.25, -0.2) is 4.98 Å². The first kappa shape index (κ1) is 15.0. The Morgan fingerprint density at radius 2 is 2.12 bits per heavy atom. The minimum atomic E-state index is 0.178. The van der Waals surface area contributed by atoms with Crippen molar-refractivity contribution in [2.24, 2.45) is 0 Å². The molecule has 2 N–H and O–H groups in total. The zero-order chi connectivity index (χ0) is 17.2. The average molecular weight is 335 g/mol. The van der Waals surface area contributed by atoms with Crippen LogP contribution >= 0.6 is 0 Å². The molecule has 1 aliphatic heterocycles. The summed E-state index contributed by atoms with van der Waals surface area (Å²) in [7, 11) is 0. The molecule has 0 bridgehead atoms. The fourth-order valence-corrected chi connectivity index (χ4v) is 4.59. The lowest BCUT2D eigenvalue weighted by atomic mass is 9.87. The molecule has 2 aliphatic rings. The van der Waals surface area contributed by atoms with Crippen molar-refractivity contribution in [3.05, 3.63) is 29.0 Å². The molecule has 0 spiro atoms. The van der Waals surface area contributed by atoms with E-state index in [4.69, 9.17) is 4.98 Å². The summed E-state index contributed by atoms with van der Waals surface area (Å²) in [6.07, 6.45) is 4.59. The Morgan fingerprint density at radius 1 is 1.24 bits per heavy atom. The number of aryl methyl sites for hydroxylation is 1. The number of nitrogens with zero attached hydrogens (tertiary/aromatic N) is 3. The van der Waals surface area contributed by atoms with Crippen molar-refractivity contribution in [1.29, 1.82) is 0 Å². The maximum absolute atomic E-state index is 4.89. The highest BCUT2D eigenvalue weighted by molar-refractivity contribution is 5.86. The van der Waals surface area contributed by atoms with E-state index < -0.39 is 0 Å². The highest BCUT2D eigenvalue weighted by Gasteiger charge is 2.35. The molecular formula is C20H25N5. The van der Waals surface area contributed by atoms with Crippen LogP contribution in [0.5, 0.6) is 0 Å². The predicted molar refractivity (Wildman–Crippen MR) is 101 cm³/mol. The summed E-state index contributed by atoms with van der Waals surface area (Å²) >= 11 is 0. The molecule has 5 heteroatoms. The van der Waals surface area contributed by atoms with E-state index in [1.807, 2.05) is 0 Å². The lowest BCUT2D eigenvalue weighted by Gasteiger charge is -2.21. The van der Waals surface area contributed by atoms with Gasteiger partial charge >= 0.3 is 0 Å². The zero-order valence-electron chi connectivity index (χ0n) is 15.2. The summed E-state index contributed by atoms with van der Waals surface area (Å²) < 4.78 is 0. The SMILES string of the molecule is CCCN1CC(C)(C)c2cc3[nH]c(-c4n[nH]c5c4CCC5)nc3cc21. The summed E-state index contributed by atoms with van der Waals surface area (Å²) in [4.78, 5) is 10.9. The Hall–Kier alpha value is -2.30. The lowest BCUT2D eigenvalue weighted by molar-refractivity contribution is 0.549. The summed E-state index contributed by atoms with van der Waals surface area (Å²) in [6, 6.07) is 4.58. The quantitative estimate of drug-likeness (QED) is 0.762. The summed E-state index contributed by atoms with van der Waals surface area (Å²) in [5.74, 6) is 0.901. The largest absolute Gasteiger partial charge is 0.370 e. The molecule has 0 unspecified atom stereocenters. The lowest BCUT2D eigenvalue weighted by Crippen LogP contribution is -2.28. The van der Waals surface area contributed by atoms with Gasteiger partial charge in [0.05, 0.1) is 11.0 Å². The Labute approximate surface area is 147 Å². The maximum atomic E-state index is 4.89. The molecule has 0 fully saturated rings. The van der Waals surface area contributed by atoms with Crippen molar-refractivity contribution >= 4 is 16.7 Å². The van der Waals surface area contributed by atoms with Crippen LogP contribution in [0.3, 0.4) is 0 Å². The van der Waals surface area contributed by atoms with E-state index in [1.54, 1.807) is 0 Å². The fraction of sp³-hybridized carbons (Fsp3) is 0.500. The van der Waals surface area contributed by atoms with Crippen LogP contribution in [0.2, 0.25) is 0 Å². The predicted octanol–water partition coefficient (Wildman–Crippen LogP) is 3.95. The smallest absolute Gasteiger partial charge is 0.159 e. The van der Waals surface area contributed by atoms with E-state index in [1.165, 1.54) is 35.3 Å². The van der Waals surface area contributed by atoms with Crippen LogP contribution in [0.15, 0.2) is 12.1 Å². The van der Waals surface area contributed by atoms with Crippen LogP contribution in [0, 0.1) is 0 Å². The molecule has 0 atom stereocenters. The molecule has 1 aliphatic carbocycles. The number of benzene rings is 1. The number of fused-ring (bicyclic) bond motifs is 3. The number of hydrogen-bond donors (Lipinski definition) is 2. The van der Waals surface area contributed by atoms with Crippen LogP contribution in [-0.2, 0) is 18.3 Å². The molecule has 0 amide bonds. The zero-order valence-corrected chi connectivity index (χ0v) is 15.2. The highest BCUT2D eigenvalue weighted by atomic mass is 15.2.